The maximum atomic E-state index is 9.71. The average molecular weight is 220 g/mol. The summed E-state index contributed by atoms with van der Waals surface area (Å²) < 4.78 is 0. The van der Waals surface area contributed by atoms with Crippen LogP contribution in [0.15, 0.2) is 11.4 Å². The van der Waals surface area contributed by atoms with Crippen molar-refractivity contribution in [2.24, 2.45) is 5.16 Å². The molecule has 0 spiro atoms. The van der Waals surface area contributed by atoms with E-state index in [1.165, 1.54) is 12.4 Å². The van der Waals surface area contributed by atoms with Crippen LogP contribution < -0.4 is 0 Å². The first-order chi connectivity index (χ1) is 7.70. The third-order valence-electron chi connectivity index (χ3n) is 1.93. The molecule has 0 fully saturated rings. The lowest BCUT2D eigenvalue weighted by atomic mass is 10.1. The van der Waals surface area contributed by atoms with Crippen LogP contribution in [0.25, 0.3) is 0 Å². The monoisotopic (exact) mass is 220 g/mol. The maximum Gasteiger partial charge on any atom is 0.177 e. The Morgan fingerprint density at radius 3 is 3.06 bits per heavy atom. The van der Waals surface area contributed by atoms with Crippen LogP contribution in [0.5, 0.6) is 5.75 Å². The predicted molar refractivity (Wildman–Crippen MR) is 58.9 cm³/mol. The summed E-state index contributed by atoms with van der Waals surface area (Å²) in [5.41, 5.74) is 1.30. The largest absolute Gasteiger partial charge is 0.505 e. The first-order valence-corrected chi connectivity index (χ1v) is 4.57. The lowest BCUT2D eigenvalue weighted by molar-refractivity contribution is 0.181. The molecule has 0 aliphatic heterocycles. The summed E-state index contributed by atoms with van der Waals surface area (Å²) in [5.74, 6) is 2.22. The topological polar surface area (TPSA) is 74.9 Å². The van der Waals surface area contributed by atoms with Crippen LogP contribution in [0.2, 0.25) is 0 Å². The Labute approximate surface area is 93.4 Å². The van der Waals surface area contributed by atoms with Crippen LogP contribution in [0, 0.1) is 19.3 Å². The highest BCUT2D eigenvalue weighted by Crippen LogP contribution is 2.21. The maximum absolute atomic E-state index is 9.71. The molecular weight excluding hydrogens is 208 g/mol. The number of rotatable bonds is 4. The van der Waals surface area contributed by atoms with Gasteiger partial charge in [-0.3, -0.25) is 4.98 Å². The van der Waals surface area contributed by atoms with Gasteiger partial charge in [-0.15, -0.1) is 6.42 Å². The van der Waals surface area contributed by atoms with Gasteiger partial charge in [0.1, 0.15) is 5.75 Å². The smallest absolute Gasteiger partial charge is 0.177 e. The van der Waals surface area contributed by atoms with E-state index in [2.05, 4.69) is 16.1 Å². The fourth-order valence-electron chi connectivity index (χ4n) is 1.09. The normalized spacial score (nSPS) is 10.3. The number of hydrogen-bond donors (Lipinski definition) is 2. The number of oxime groups is 1. The van der Waals surface area contributed by atoms with Crippen LogP contribution in [0.3, 0.4) is 0 Å². The summed E-state index contributed by atoms with van der Waals surface area (Å²) in [6, 6.07) is 0. The number of terminal acetylenes is 1. The van der Waals surface area contributed by atoms with Gasteiger partial charge in [-0.2, -0.15) is 0 Å². The van der Waals surface area contributed by atoms with Crippen LogP contribution in [0.1, 0.15) is 16.8 Å². The van der Waals surface area contributed by atoms with Crippen molar-refractivity contribution in [3.05, 3.63) is 23.0 Å². The fraction of sp³-hybridized carbons (Fsp3) is 0.273. The summed E-state index contributed by atoms with van der Waals surface area (Å²) in [5, 5.41) is 22.3. The van der Waals surface area contributed by atoms with E-state index in [0.29, 0.717) is 16.8 Å². The summed E-state index contributed by atoms with van der Waals surface area (Å²) >= 11 is 0. The first-order valence-electron chi connectivity index (χ1n) is 4.57. The molecule has 0 amide bonds. The number of aliphatic hydroxyl groups excluding tert-OH is 1. The Hall–Kier alpha value is -2.06. The first kappa shape index (κ1) is 12.0. The van der Waals surface area contributed by atoms with Crippen molar-refractivity contribution < 1.29 is 15.1 Å². The van der Waals surface area contributed by atoms with Gasteiger partial charge < -0.3 is 15.1 Å². The standard InChI is InChI=1S/C11H12N2O3/c1-3-4-16-13-6-10-9(7-14)5-12-8(2)11(10)15/h1,5-6,14-15H,4,7H2,2H3/b13-6+. The highest BCUT2D eigenvalue weighted by Gasteiger charge is 2.09. The van der Waals surface area contributed by atoms with Crippen molar-refractivity contribution in [1.82, 2.24) is 4.98 Å². The summed E-state index contributed by atoms with van der Waals surface area (Å²) in [7, 11) is 0. The van der Waals surface area contributed by atoms with Gasteiger partial charge in [-0.05, 0) is 6.92 Å². The molecule has 0 radical (unpaired) electrons. The quantitative estimate of drug-likeness (QED) is 0.337. The average Bonchev–Trinajstić information content (AvgIpc) is 2.30. The van der Waals surface area contributed by atoms with Crippen molar-refractivity contribution >= 4 is 6.21 Å². The molecule has 0 atom stereocenters. The van der Waals surface area contributed by atoms with Crippen LogP contribution in [-0.2, 0) is 11.4 Å². The number of aryl methyl sites for hydroxylation is 1. The molecule has 1 rings (SSSR count). The van der Waals surface area contributed by atoms with E-state index in [4.69, 9.17) is 16.4 Å². The number of aliphatic hydroxyl groups is 1. The van der Waals surface area contributed by atoms with Crippen LogP contribution in [-0.4, -0.2) is 28.0 Å². The Kier molecular flexibility index (Phi) is 4.30. The van der Waals surface area contributed by atoms with Crippen LogP contribution in [0.4, 0.5) is 0 Å². The number of hydrogen-bond acceptors (Lipinski definition) is 5. The molecule has 1 aromatic rings. The van der Waals surface area contributed by atoms with Crippen molar-refractivity contribution in [2.75, 3.05) is 6.61 Å². The highest BCUT2D eigenvalue weighted by molar-refractivity contribution is 5.85. The van der Waals surface area contributed by atoms with Crippen molar-refractivity contribution in [1.29, 1.82) is 0 Å². The second-order valence-corrected chi connectivity index (χ2v) is 3.00. The zero-order valence-corrected chi connectivity index (χ0v) is 8.84. The van der Waals surface area contributed by atoms with E-state index in [0.717, 1.165) is 0 Å². The SMILES string of the molecule is C#CCO/N=C/c1c(CO)cnc(C)c1O. The van der Waals surface area contributed by atoms with Crippen molar-refractivity contribution in [3.8, 4) is 18.1 Å². The molecule has 0 aromatic carbocycles. The van der Waals surface area contributed by atoms with Gasteiger partial charge in [0.05, 0.1) is 18.5 Å². The fourth-order valence-corrected chi connectivity index (χ4v) is 1.09. The number of aromatic nitrogens is 1. The Balaban J connectivity index is 2.97. The van der Waals surface area contributed by atoms with E-state index in [1.54, 1.807) is 6.92 Å². The summed E-state index contributed by atoms with van der Waals surface area (Å²) in [6.07, 6.45) is 7.74. The highest BCUT2D eigenvalue weighted by atomic mass is 16.6. The third kappa shape index (κ3) is 2.72. The molecule has 0 bridgehead atoms. The summed E-state index contributed by atoms with van der Waals surface area (Å²) in [6.45, 7) is 1.46. The number of aromatic hydroxyl groups is 1. The third-order valence-corrected chi connectivity index (χ3v) is 1.93. The second-order valence-electron chi connectivity index (χ2n) is 3.00. The molecular formula is C11H12N2O3. The Morgan fingerprint density at radius 2 is 2.44 bits per heavy atom. The molecule has 5 heteroatoms. The second kappa shape index (κ2) is 5.73. The Bertz CT molecular complexity index is 436. The lowest BCUT2D eigenvalue weighted by Gasteiger charge is -2.06. The van der Waals surface area contributed by atoms with Crippen LogP contribution >= 0.6 is 0 Å². The molecule has 84 valence electrons. The van der Waals surface area contributed by atoms with Gasteiger partial charge in [0.15, 0.2) is 6.61 Å². The molecule has 0 aliphatic carbocycles. The van der Waals surface area contributed by atoms with Crippen molar-refractivity contribution in [2.45, 2.75) is 13.5 Å². The molecule has 0 aliphatic rings. The Morgan fingerprint density at radius 1 is 1.69 bits per heavy atom. The van der Waals surface area contributed by atoms with Crippen molar-refractivity contribution in [3.63, 3.8) is 0 Å². The van der Waals surface area contributed by atoms with E-state index < -0.39 is 0 Å². The number of nitrogens with zero attached hydrogens (tertiary/aromatic N) is 2. The van der Waals surface area contributed by atoms with Gasteiger partial charge in [0, 0.05) is 17.3 Å². The lowest BCUT2D eigenvalue weighted by Crippen LogP contribution is -1.98. The molecule has 0 unspecified atom stereocenters. The van der Waals surface area contributed by atoms with Gasteiger partial charge in [-0.1, -0.05) is 11.1 Å². The van der Waals surface area contributed by atoms with E-state index in [1.807, 2.05) is 0 Å². The number of pyridine rings is 1. The molecule has 0 saturated heterocycles. The minimum atomic E-state index is -0.239. The molecule has 5 nitrogen and oxygen atoms in total. The zero-order chi connectivity index (χ0) is 12.0. The van der Waals surface area contributed by atoms with Gasteiger partial charge >= 0.3 is 0 Å². The molecule has 2 N–H and O–H groups in total. The van der Waals surface area contributed by atoms with Gasteiger partial charge in [-0.25, -0.2) is 0 Å². The molecule has 0 saturated carbocycles. The molecule has 16 heavy (non-hydrogen) atoms. The molecule has 1 heterocycles. The zero-order valence-electron chi connectivity index (χ0n) is 8.84. The summed E-state index contributed by atoms with van der Waals surface area (Å²) in [4.78, 5) is 8.61. The molecule has 1 aromatic heterocycles. The predicted octanol–water partition coefficient (Wildman–Crippen LogP) is 0.572. The van der Waals surface area contributed by atoms with E-state index in [-0.39, 0.29) is 19.0 Å². The minimum Gasteiger partial charge on any atom is -0.505 e. The van der Waals surface area contributed by atoms with Gasteiger partial charge in [0.25, 0.3) is 0 Å². The van der Waals surface area contributed by atoms with E-state index in [9.17, 15) is 5.11 Å². The van der Waals surface area contributed by atoms with Gasteiger partial charge in [0.2, 0.25) is 0 Å². The van der Waals surface area contributed by atoms with E-state index >= 15 is 0 Å². The minimum absolute atomic E-state index is 0.0281.